The van der Waals surface area contributed by atoms with E-state index in [0.29, 0.717) is 28.8 Å². The van der Waals surface area contributed by atoms with Crippen LogP contribution in [0.1, 0.15) is 67.9 Å². The summed E-state index contributed by atoms with van der Waals surface area (Å²) in [4.78, 5) is 37.6. The number of anilines is 2. The Morgan fingerprint density at radius 2 is 1.56 bits per heavy atom. The van der Waals surface area contributed by atoms with E-state index in [2.05, 4.69) is 29.7 Å². The van der Waals surface area contributed by atoms with Crippen LogP contribution in [0.25, 0.3) is 11.1 Å². The number of carboxylic acids is 1. The third kappa shape index (κ3) is 6.39. The first-order chi connectivity index (χ1) is 23.0. The molecule has 1 heterocycles. The van der Waals surface area contributed by atoms with E-state index in [1.165, 1.54) is 12.1 Å². The number of hydrogen-bond acceptors (Lipinski definition) is 5. The van der Waals surface area contributed by atoms with Gasteiger partial charge in [0.25, 0.3) is 0 Å². The van der Waals surface area contributed by atoms with Gasteiger partial charge in [-0.3, -0.25) is 15.0 Å². The van der Waals surface area contributed by atoms with Gasteiger partial charge in [0, 0.05) is 27.9 Å². The van der Waals surface area contributed by atoms with Gasteiger partial charge in [0.2, 0.25) is 11.8 Å². The molecule has 0 aromatic heterocycles. The molecule has 0 saturated carbocycles. The Hall–Kier alpha value is -6.22. The number of hydrogen-bond donors (Lipinski definition) is 6. The summed E-state index contributed by atoms with van der Waals surface area (Å²) in [5.74, 6) is -2.18. The summed E-state index contributed by atoms with van der Waals surface area (Å²) in [6.07, 6.45) is 0.756. The summed E-state index contributed by atoms with van der Waals surface area (Å²) in [7, 11) is 0. The van der Waals surface area contributed by atoms with Crippen molar-refractivity contribution in [2.45, 2.75) is 31.2 Å². The van der Waals surface area contributed by atoms with Gasteiger partial charge < -0.3 is 27.2 Å². The topological polar surface area (TPSA) is 171 Å². The van der Waals surface area contributed by atoms with Gasteiger partial charge in [-0.2, -0.15) is 0 Å². The number of primary amides is 1. The Morgan fingerprint density at radius 3 is 2.23 bits per heavy atom. The van der Waals surface area contributed by atoms with Crippen LogP contribution in [0.2, 0.25) is 0 Å². The lowest BCUT2D eigenvalue weighted by molar-refractivity contribution is -0.115. The van der Waals surface area contributed by atoms with Crippen LogP contribution >= 0.6 is 0 Å². The average molecular weight is 638 g/mol. The largest absolute Gasteiger partial charge is 0.478 e. The second-order valence-electron chi connectivity index (χ2n) is 12.3. The molecule has 1 aliphatic rings. The Balaban J connectivity index is 1.48. The van der Waals surface area contributed by atoms with Crippen molar-refractivity contribution < 1.29 is 19.5 Å². The van der Waals surface area contributed by atoms with Crippen molar-refractivity contribution >= 4 is 35.0 Å². The molecule has 0 bridgehead atoms. The fourth-order valence-corrected chi connectivity index (χ4v) is 6.52. The van der Waals surface area contributed by atoms with Crippen molar-refractivity contribution in [3.8, 4) is 11.1 Å². The van der Waals surface area contributed by atoms with E-state index in [1.807, 2.05) is 78.9 Å². The molecule has 0 saturated heterocycles. The van der Waals surface area contributed by atoms with Crippen molar-refractivity contribution in [3.05, 3.63) is 154 Å². The Bertz CT molecular complexity index is 2060. The molecule has 5 aromatic carbocycles. The number of carboxylic acid groups (broad SMARTS) is 1. The maximum absolute atomic E-state index is 13.3. The van der Waals surface area contributed by atoms with E-state index in [0.717, 1.165) is 27.9 Å². The Morgan fingerprint density at radius 1 is 0.875 bits per heavy atom. The number of amidine groups is 1. The molecule has 0 aliphatic carbocycles. The lowest BCUT2D eigenvalue weighted by Crippen LogP contribution is -2.35. The highest BCUT2D eigenvalue weighted by atomic mass is 16.4. The fourth-order valence-electron chi connectivity index (χ4n) is 6.52. The lowest BCUT2D eigenvalue weighted by atomic mass is 9.68. The summed E-state index contributed by atoms with van der Waals surface area (Å²) >= 11 is 0. The monoisotopic (exact) mass is 637 g/mol. The first kappa shape index (κ1) is 31.7. The zero-order valence-electron chi connectivity index (χ0n) is 26.3. The van der Waals surface area contributed by atoms with E-state index in [4.69, 9.17) is 16.9 Å². The van der Waals surface area contributed by atoms with Crippen LogP contribution in [0.4, 0.5) is 11.4 Å². The van der Waals surface area contributed by atoms with Gasteiger partial charge in [0.15, 0.2) is 0 Å². The molecule has 0 fully saturated rings. The van der Waals surface area contributed by atoms with Crippen LogP contribution in [0, 0.1) is 5.41 Å². The number of nitrogens with two attached hydrogens (primary N) is 2. The molecule has 0 spiro atoms. The van der Waals surface area contributed by atoms with Crippen molar-refractivity contribution in [2.24, 2.45) is 11.5 Å². The molecule has 5 aromatic rings. The molecule has 6 rings (SSSR count). The molecule has 240 valence electrons. The maximum Gasteiger partial charge on any atom is 0.336 e. The molecule has 2 unspecified atom stereocenters. The predicted molar refractivity (Wildman–Crippen MR) is 187 cm³/mol. The maximum atomic E-state index is 13.3. The van der Waals surface area contributed by atoms with Gasteiger partial charge in [0.05, 0.1) is 18.0 Å². The minimum Gasteiger partial charge on any atom is -0.478 e. The van der Waals surface area contributed by atoms with Crippen molar-refractivity contribution in [2.75, 3.05) is 10.6 Å². The molecule has 2 atom stereocenters. The van der Waals surface area contributed by atoms with Crippen molar-refractivity contribution in [1.29, 1.82) is 5.41 Å². The highest BCUT2D eigenvalue weighted by Gasteiger charge is 2.39. The fraction of sp³-hybridized carbons (Fsp3) is 0.128. The molecular weight excluding hydrogens is 602 g/mol. The number of nitrogens with one attached hydrogen (secondary N) is 3. The van der Waals surface area contributed by atoms with Gasteiger partial charge >= 0.3 is 5.97 Å². The molecule has 9 heteroatoms. The van der Waals surface area contributed by atoms with Crippen LogP contribution < -0.4 is 22.1 Å². The first-order valence-corrected chi connectivity index (χ1v) is 15.5. The summed E-state index contributed by atoms with van der Waals surface area (Å²) in [5, 5.41) is 24.9. The summed E-state index contributed by atoms with van der Waals surface area (Å²) in [6.45, 7) is 2.16. The normalized spacial score (nSPS) is 16.6. The van der Waals surface area contributed by atoms with Crippen molar-refractivity contribution in [3.63, 3.8) is 0 Å². The van der Waals surface area contributed by atoms with E-state index < -0.39 is 17.3 Å². The standard InChI is InChI=1S/C39H35N5O4/c1-39(28-10-6-3-7-11-28)22-34(44-33-15-13-24(36(40)41)21-32(33)39)27-17-26(30-14-12-25(37(42)46)20-31(30)38(47)48)18-29(19-27)43-35(45)16-23-8-4-2-5-9-23/h2-15,17-21,34,44H,16,22H2,1H3,(H3,40,41)(H2,42,46)(H,43,45)(H,47,48). The highest BCUT2D eigenvalue weighted by Crippen LogP contribution is 2.49. The third-order valence-corrected chi connectivity index (χ3v) is 8.97. The second kappa shape index (κ2) is 12.9. The van der Waals surface area contributed by atoms with Gasteiger partial charge in [-0.05, 0) is 88.3 Å². The van der Waals surface area contributed by atoms with Gasteiger partial charge in [-0.1, -0.05) is 73.7 Å². The number of fused-ring (bicyclic) bond motifs is 1. The molecule has 8 N–H and O–H groups in total. The molecular formula is C39H35N5O4. The number of benzene rings is 5. The quantitative estimate of drug-likeness (QED) is 0.0798. The molecule has 48 heavy (non-hydrogen) atoms. The van der Waals surface area contributed by atoms with Crippen LogP contribution in [0.15, 0.2) is 115 Å². The molecule has 1 aliphatic heterocycles. The van der Waals surface area contributed by atoms with Gasteiger partial charge in [-0.25, -0.2) is 4.79 Å². The molecule has 0 radical (unpaired) electrons. The summed E-state index contributed by atoms with van der Waals surface area (Å²) < 4.78 is 0. The minimum absolute atomic E-state index is 0.0180. The van der Waals surface area contributed by atoms with E-state index in [9.17, 15) is 19.5 Å². The van der Waals surface area contributed by atoms with E-state index >= 15 is 0 Å². The SMILES string of the molecule is CC1(c2ccccc2)CC(c2cc(NC(=O)Cc3ccccc3)cc(-c3ccc(C(N)=O)cc3C(=O)O)c2)Nc2ccc(C(=N)N)cc21. The first-order valence-electron chi connectivity index (χ1n) is 15.5. The summed E-state index contributed by atoms with van der Waals surface area (Å²) in [6, 6.07) is 34.9. The predicted octanol–water partition coefficient (Wildman–Crippen LogP) is 6.48. The van der Waals surface area contributed by atoms with Gasteiger partial charge in [-0.15, -0.1) is 0 Å². The molecule has 2 amide bonds. The minimum atomic E-state index is -1.21. The number of carbonyl (C=O) groups excluding carboxylic acids is 2. The van der Waals surface area contributed by atoms with Gasteiger partial charge in [0.1, 0.15) is 5.84 Å². The average Bonchev–Trinajstić information content (AvgIpc) is 3.08. The number of aromatic carboxylic acids is 1. The number of nitrogen functional groups attached to an aromatic ring is 1. The highest BCUT2D eigenvalue weighted by molar-refractivity contribution is 6.02. The van der Waals surface area contributed by atoms with Crippen molar-refractivity contribution in [1.82, 2.24) is 0 Å². The van der Waals surface area contributed by atoms with Crippen LogP contribution in [-0.2, 0) is 16.6 Å². The zero-order valence-corrected chi connectivity index (χ0v) is 26.3. The zero-order chi connectivity index (χ0) is 34.0. The Labute approximate surface area is 278 Å². The van der Waals surface area contributed by atoms with Crippen LogP contribution in [-0.4, -0.2) is 28.7 Å². The van der Waals surface area contributed by atoms with Crippen LogP contribution in [0.3, 0.4) is 0 Å². The Kier molecular flexibility index (Phi) is 8.52. The smallest absolute Gasteiger partial charge is 0.336 e. The lowest BCUT2D eigenvalue weighted by Gasteiger charge is -2.42. The third-order valence-electron chi connectivity index (χ3n) is 8.97. The van der Waals surface area contributed by atoms with Crippen LogP contribution in [0.5, 0.6) is 0 Å². The molecule has 9 nitrogen and oxygen atoms in total. The number of carbonyl (C=O) groups is 3. The van der Waals surface area contributed by atoms with E-state index in [-0.39, 0.29) is 35.3 Å². The van der Waals surface area contributed by atoms with E-state index in [1.54, 1.807) is 12.1 Å². The number of amides is 2. The number of rotatable bonds is 9. The second-order valence-corrected chi connectivity index (χ2v) is 12.3. The summed E-state index contributed by atoms with van der Waals surface area (Å²) in [5.41, 5.74) is 17.5.